The molecule has 0 aromatic carbocycles. The van der Waals surface area contributed by atoms with Crippen LogP contribution in [-0.2, 0) is 19.0 Å². The molecule has 0 aromatic rings. The van der Waals surface area contributed by atoms with Gasteiger partial charge in [-0.15, -0.1) is 4.99 Å². The standard InChI is InChI=1S/C10H17NO5/c1-4-14-8(7-9(12)15-5-2)11-10(13)16-6-3/h4-7H2,1-3H3/b11-8-. The van der Waals surface area contributed by atoms with Gasteiger partial charge in [-0.05, 0) is 20.8 Å². The molecule has 0 rings (SSSR count). The topological polar surface area (TPSA) is 74.2 Å². The average Bonchev–Trinajstić information content (AvgIpc) is 2.18. The Hall–Kier alpha value is -1.59. The van der Waals surface area contributed by atoms with Gasteiger partial charge in [0.05, 0.1) is 19.8 Å². The van der Waals surface area contributed by atoms with Gasteiger partial charge in [0.15, 0.2) is 0 Å². The molecule has 0 saturated heterocycles. The maximum absolute atomic E-state index is 11.1. The molecular formula is C10H17NO5. The molecule has 0 unspecified atom stereocenters. The van der Waals surface area contributed by atoms with Crippen LogP contribution in [0.15, 0.2) is 4.99 Å². The SMILES string of the molecule is CCOC(=O)C/C(=N/C(=O)OCC)OCC. The van der Waals surface area contributed by atoms with E-state index in [1.54, 1.807) is 20.8 Å². The van der Waals surface area contributed by atoms with E-state index in [-0.39, 0.29) is 25.5 Å². The molecule has 0 bridgehead atoms. The van der Waals surface area contributed by atoms with Gasteiger partial charge in [0.2, 0.25) is 5.90 Å². The fourth-order valence-electron chi connectivity index (χ4n) is 0.883. The Labute approximate surface area is 94.6 Å². The zero-order valence-corrected chi connectivity index (χ0v) is 9.82. The third kappa shape index (κ3) is 6.80. The Balaban J connectivity index is 4.35. The first kappa shape index (κ1) is 14.4. The predicted octanol–water partition coefficient (Wildman–Crippen LogP) is 1.53. The zero-order chi connectivity index (χ0) is 12.4. The fourth-order valence-corrected chi connectivity index (χ4v) is 0.883. The highest BCUT2D eigenvalue weighted by Crippen LogP contribution is 1.96. The van der Waals surface area contributed by atoms with Crippen LogP contribution in [0, 0.1) is 0 Å². The van der Waals surface area contributed by atoms with Crippen LogP contribution < -0.4 is 0 Å². The van der Waals surface area contributed by atoms with Gasteiger partial charge in [-0.2, -0.15) is 0 Å². The van der Waals surface area contributed by atoms with Gasteiger partial charge in [-0.3, -0.25) is 4.79 Å². The largest absolute Gasteiger partial charge is 0.480 e. The summed E-state index contributed by atoms with van der Waals surface area (Å²) in [5.74, 6) is -0.474. The molecule has 1 amide bonds. The molecule has 0 aliphatic carbocycles. The minimum absolute atomic E-state index is 0.0133. The van der Waals surface area contributed by atoms with Crippen molar-refractivity contribution in [2.75, 3.05) is 19.8 Å². The molecule has 6 heteroatoms. The third-order valence-corrected chi connectivity index (χ3v) is 1.40. The van der Waals surface area contributed by atoms with Crippen molar-refractivity contribution in [3.8, 4) is 0 Å². The quantitative estimate of drug-likeness (QED) is 0.407. The van der Waals surface area contributed by atoms with Gasteiger partial charge in [0.1, 0.15) is 6.42 Å². The number of esters is 1. The Morgan fingerprint density at radius 1 is 0.938 bits per heavy atom. The van der Waals surface area contributed by atoms with Crippen LogP contribution in [0.5, 0.6) is 0 Å². The zero-order valence-electron chi connectivity index (χ0n) is 9.82. The highest BCUT2D eigenvalue weighted by atomic mass is 16.6. The molecule has 0 spiro atoms. The summed E-state index contributed by atoms with van der Waals surface area (Å²) < 4.78 is 14.3. The van der Waals surface area contributed by atoms with E-state index in [9.17, 15) is 9.59 Å². The summed E-state index contributed by atoms with van der Waals surface area (Å²) >= 11 is 0. The molecule has 0 saturated carbocycles. The number of amides is 1. The lowest BCUT2D eigenvalue weighted by Crippen LogP contribution is -2.16. The highest BCUT2D eigenvalue weighted by Gasteiger charge is 2.11. The number of aliphatic imine (C=N–C) groups is 1. The lowest BCUT2D eigenvalue weighted by atomic mass is 10.4. The summed E-state index contributed by atoms with van der Waals surface area (Å²) in [4.78, 5) is 25.7. The van der Waals surface area contributed by atoms with Gasteiger partial charge in [-0.1, -0.05) is 0 Å². The minimum Gasteiger partial charge on any atom is -0.480 e. The Morgan fingerprint density at radius 3 is 2.00 bits per heavy atom. The predicted molar refractivity (Wildman–Crippen MR) is 57.3 cm³/mol. The van der Waals surface area contributed by atoms with Gasteiger partial charge in [0.25, 0.3) is 0 Å². The van der Waals surface area contributed by atoms with E-state index in [0.717, 1.165) is 0 Å². The first-order valence-electron chi connectivity index (χ1n) is 5.16. The van der Waals surface area contributed by atoms with Crippen molar-refractivity contribution in [3.05, 3.63) is 0 Å². The number of hydrogen-bond donors (Lipinski definition) is 0. The molecule has 0 fully saturated rings. The molecule has 92 valence electrons. The van der Waals surface area contributed by atoms with E-state index in [1.807, 2.05) is 0 Å². The summed E-state index contributed by atoms with van der Waals surface area (Å²) in [7, 11) is 0. The summed E-state index contributed by atoms with van der Waals surface area (Å²) in [6.45, 7) is 5.90. The summed E-state index contributed by atoms with van der Waals surface area (Å²) in [6.07, 6.45) is -0.934. The molecule has 0 aliphatic rings. The normalized spacial score (nSPS) is 10.8. The number of nitrogens with zero attached hydrogens (tertiary/aromatic N) is 1. The highest BCUT2D eigenvalue weighted by molar-refractivity contribution is 5.98. The summed E-state index contributed by atoms with van der Waals surface area (Å²) in [5, 5.41) is 0. The molecule has 0 radical (unpaired) electrons. The van der Waals surface area contributed by atoms with E-state index in [0.29, 0.717) is 6.61 Å². The number of rotatable bonds is 5. The lowest BCUT2D eigenvalue weighted by molar-refractivity contribution is -0.141. The fraction of sp³-hybridized carbons (Fsp3) is 0.700. The second-order valence-corrected chi connectivity index (χ2v) is 2.62. The van der Waals surface area contributed by atoms with Gasteiger partial charge in [-0.25, -0.2) is 4.79 Å². The second kappa shape index (κ2) is 8.70. The van der Waals surface area contributed by atoms with E-state index in [4.69, 9.17) is 9.47 Å². The number of carbonyl (C=O) groups excluding carboxylic acids is 2. The van der Waals surface area contributed by atoms with Crippen LogP contribution in [0.25, 0.3) is 0 Å². The van der Waals surface area contributed by atoms with Crippen LogP contribution in [0.4, 0.5) is 4.79 Å². The van der Waals surface area contributed by atoms with Crippen molar-refractivity contribution >= 4 is 18.0 Å². The Bertz CT molecular complexity index is 262. The van der Waals surface area contributed by atoms with Crippen molar-refractivity contribution in [2.24, 2.45) is 4.99 Å². The maximum atomic E-state index is 11.1. The average molecular weight is 231 g/mol. The van der Waals surface area contributed by atoms with Crippen molar-refractivity contribution in [2.45, 2.75) is 27.2 Å². The van der Waals surface area contributed by atoms with Gasteiger partial charge < -0.3 is 14.2 Å². The van der Waals surface area contributed by atoms with Crippen molar-refractivity contribution in [1.82, 2.24) is 0 Å². The van der Waals surface area contributed by atoms with Crippen LogP contribution in [0.2, 0.25) is 0 Å². The van der Waals surface area contributed by atoms with Crippen LogP contribution >= 0.6 is 0 Å². The monoisotopic (exact) mass is 231 g/mol. The molecule has 0 aromatic heterocycles. The minimum atomic E-state index is -0.768. The third-order valence-electron chi connectivity index (χ3n) is 1.40. The smallest absolute Gasteiger partial charge is 0.436 e. The van der Waals surface area contributed by atoms with Crippen molar-refractivity contribution in [3.63, 3.8) is 0 Å². The van der Waals surface area contributed by atoms with E-state index in [1.165, 1.54) is 0 Å². The molecule has 16 heavy (non-hydrogen) atoms. The molecule has 0 aliphatic heterocycles. The number of ether oxygens (including phenoxy) is 3. The van der Waals surface area contributed by atoms with Gasteiger partial charge in [0, 0.05) is 0 Å². The Kier molecular flexibility index (Phi) is 7.83. The van der Waals surface area contributed by atoms with E-state index in [2.05, 4.69) is 9.73 Å². The second-order valence-electron chi connectivity index (χ2n) is 2.62. The molecule has 0 N–H and O–H groups in total. The lowest BCUT2D eigenvalue weighted by Gasteiger charge is -2.06. The number of carbonyl (C=O) groups is 2. The maximum Gasteiger partial charge on any atom is 0.436 e. The molecular weight excluding hydrogens is 214 g/mol. The molecule has 0 atom stereocenters. The van der Waals surface area contributed by atoms with Crippen LogP contribution in [0.3, 0.4) is 0 Å². The summed E-state index contributed by atoms with van der Waals surface area (Å²) in [5.41, 5.74) is 0. The Morgan fingerprint density at radius 2 is 1.50 bits per heavy atom. The van der Waals surface area contributed by atoms with Crippen molar-refractivity contribution < 1.29 is 23.8 Å². The first-order valence-corrected chi connectivity index (χ1v) is 5.16. The van der Waals surface area contributed by atoms with Crippen LogP contribution in [-0.4, -0.2) is 37.8 Å². The molecule has 0 heterocycles. The molecule has 6 nitrogen and oxygen atoms in total. The van der Waals surface area contributed by atoms with Crippen LogP contribution in [0.1, 0.15) is 27.2 Å². The summed E-state index contributed by atoms with van der Waals surface area (Å²) in [6, 6.07) is 0. The van der Waals surface area contributed by atoms with E-state index >= 15 is 0 Å². The van der Waals surface area contributed by atoms with Gasteiger partial charge >= 0.3 is 12.1 Å². The van der Waals surface area contributed by atoms with E-state index < -0.39 is 12.1 Å². The number of hydrogen-bond acceptors (Lipinski definition) is 5. The van der Waals surface area contributed by atoms with Crippen molar-refractivity contribution in [1.29, 1.82) is 0 Å². The first-order chi connectivity index (χ1) is 7.63.